The number of hydrogen-bond acceptors (Lipinski definition) is 2. The zero-order valence-corrected chi connectivity index (χ0v) is 12.0. The van der Waals surface area contributed by atoms with Crippen LogP contribution in [-0.2, 0) is 4.79 Å². The smallest absolute Gasteiger partial charge is 0.228 e. The van der Waals surface area contributed by atoms with Gasteiger partial charge in [-0.2, -0.15) is 0 Å². The molecule has 104 valence electrons. The van der Waals surface area contributed by atoms with Crippen molar-refractivity contribution in [1.29, 1.82) is 0 Å². The van der Waals surface area contributed by atoms with Crippen molar-refractivity contribution >= 4 is 11.6 Å². The first kappa shape index (κ1) is 13.9. The maximum Gasteiger partial charge on any atom is 0.228 e. The van der Waals surface area contributed by atoms with E-state index in [9.17, 15) is 9.90 Å². The molecule has 0 saturated heterocycles. The van der Waals surface area contributed by atoms with E-state index < -0.39 is 0 Å². The molecule has 1 unspecified atom stereocenters. The lowest BCUT2D eigenvalue weighted by atomic mass is 9.68. The second-order valence-corrected chi connectivity index (χ2v) is 6.28. The molecule has 0 aliphatic heterocycles. The van der Waals surface area contributed by atoms with E-state index in [0.717, 1.165) is 30.5 Å². The number of amides is 1. The number of hydrogen-bond donors (Lipinski definition) is 2. The van der Waals surface area contributed by atoms with Gasteiger partial charge in [0, 0.05) is 11.6 Å². The van der Waals surface area contributed by atoms with Crippen LogP contribution >= 0.6 is 0 Å². The number of aromatic hydroxyl groups is 1. The Kier molecular flexibility index (Phi) is 3.83. The van der Waals surface area contributed by atoms with Crippen LogP contribution in [0.2, 0.25) is 0 Å². The van der Waals surface area contributed by atoms with Gasteiger partial charge < -0.3 is 10.4 Å². The first-order chi connectivity index (χ1) is 8.90. The minimum Gasteiger partial charge on any atom is -0.508 e. The number of aryl methyl sites for hydroxylation is 1. The van der Waals surface area contributed by atoms with Gasteiger partial charge in [0.1, 0.15) is 5.75 Å². The van der Waals surface area contributed by atoms with Crippen molar-refractivity contribution in [2.75, 3.05) is 5.32 Å². The van der Waals surface area contributed by atoms with Gasteiger partial charge in [0.25, 0.3) is 0 Å². The van der Waals surface area contributed by atoms with Crippen LogP contribution in [0, 0.1) is 18.3 Å². The molecule has 0 radical (unpaired) electrons. The lowest BCUT2D eigenvalue weighted by Crippen LogP contribution is -2.37. The van der Waals surface area contributed by atoms with E-state index in [1.54, 1.807) is 12.1 Å². The molecule has 1 saturated carbocycles. The summed E-state index contributed by atoms with van der Waals surface area (Å²) in [6, 6.07) is 5.18. The first-order valence-corrected chi connectivity index (χ1v) is 7.00. The van der Waals surface area contributed by atoms with Crippen LogP contribution in [0.5, 0.6) is 5.75 Å². The third-order valence-corrected chi connectivity index (χ3v) is 4.29. The molecular weight excluding hydrogens is 238 g/mol. The largest absolute Gasteiger partial charge is 0.508 e. The first-order valence-electron chi connectivity index (χ1n) is 7.00. The van der Waals surface area contributed by atoms with Crippen LogP contribution < -0.4 is 5.32 Å². The molecule has 1 aliphatic carbocycles. The summed E-state index contributed by atoms with van der Waals surface area (Å²) in [6.45, 7) is 6.19. The monoisotopic (exact) mass is 261 g/mol. The fraction of sp³-hybridized carbons (Fsp3) is 0.562. The van der Waals surface area contributed by atoms with Crippen molar-refractivity contribution in [2.45, 2.75) is 46.5 Å². The van der Waals surface area contributed by atoms with Gasteiger partial charge in [-0.05, 0) is 48.9 Å². The quantitative estimate of drug-likeness (QED) is 0.794. The molecule has 1 fully saturated rings. The van der Waals surface area contributed by atoms with Crippen molar-refractivity contribution in [3.05, 3.63) is 23.8 Å². The van der Waals surface area contributed by atoms with Gasteiger partial charge in [-0.15, -0.1) is 0 Å². The highest BCUT2D eigenvalue weighted by Gasteiger charge is 2.37. The van der Waals surface area contributed by atoms with Crippen LogP contribution in [0.15, 0.2) is 18.2 Å². The summed E-state index contributed by atoms with van der Waals surface area (Å²) >= 11 is 0. The lowest BCUT2D eigenvalue weighted by molar-refractivity contribution is -0.124. The van der Waals surface area contributed by atoms with Gasteiger partial charge in [-0.1, -0.05) is 26.7 Å². The molecule has 3 heteroatoms. The molecule has 0 spiro atoms. The van der Waals surface area contributed by atoms with Crippen molar-refractivity contribution in [1.82, 2.24) is 0 Å². The summed E-state index contributed by atoms with van der Waals surface area (Å²) < 4.78 is 0. The number of rotatable bonds is 2. The van der Waals surface area contributed by atoms with Gasteiger partial charge in [0.2, 0.25) is 5.91 Å². The second-order valence-electron chi connectivity index (χ2n) is 6.28. The second kappa shape index (κ2) is 5.24. The lowest BCUT2D eigenvalue weighted by Gasteiger charge is -2.37. The molecule has 1 atom stereocenters. The maximum absolute atomic E-state index is 12.4. The maximum atomic E-state index is 12.4. The molecule has 0 bridgehead atoms. The van der Waals surface area contributed by atoms with Gasteiger partial charge >= 0.3 is 0 Å². The number of phenolic OH excluding ortho intramolecular Hbond substituents is 1. The Morgan fingerprint density at radius 3 is 2.74 bits per heavy atom. The number of nitrogens with one attached hydrogen (secondary N) is 1. The molecule has 19 heavy (non-hydrogen) atoms. The molecule has 1 amide bonds. The average Bonchev–Trinajstić information content (AvgIpc) is 2.33. The Bertz CT molecular complexity index is 480. The highest BCUT2D eigenvalue weighted by Crippen LogP contribution is 2.41. The minimum atomic E-state index is 0.0777. The van der Waals surface area contributed by atoms with Crippen LogP contribution in [0.1, 0.15) is 45.1 Å². The number of phenols is 1. The number of carbonyl (C=O) groups excluding carboxylic acids is 1. The fourth-order valence-electron chi connectivity index (χ4n) is 2.94. The van der Waals surface area contributed by atoms with E-state index in [2.05, 4.69) is 19.2 Å². The van der Waals surface area contributed by atoms with Crippen molar-refractivity contribution < 1.29 is 9.90 Å². The normalized spacial score (nSPS) is 21.9. The predicted molar refractivity (Wildman–Crippen MR) is 77.2 cm³/mol. The Morgan fingerprint density at radius 2 is 2.11 bits per heavy atom. The van der Waals surface area contributed by atoms with E-state index >= 15 is 0 Å². The van der Waals surface area contributed by atoms with E-state index in [0.29, 0.717) is 0 Å². The van der Waals surface area contributed by atoms with Gasteiger partial charge in [-0.3, -0.25) is 4.79 Å². The van der Waals surface area contributed by atoms with Gasteiger partial charge in [0.05, 0.1) is 0 Å². The zero-order chi connectivity index (χ0) is 14.0. The SMILES string of the molecule is Cc1cc(NC(=O)C2CCCCC2(C)C)ccc1O. The Labute approximate surface area is 115 Å². The molecule has 0 aromatic heterocycles. The van der Waals surface area contributed by atoms with Gasteiger partial charge in [-0.25, -0.2) is 0 Å². The predicted octanol–water partition coefficient (Wildman–Crippen LogP) is 3.86. The van der Waals surface area contributed by atoms with Crippen molar-refractivity contribution in [3.8, 4) is 5.75 Å². The third kappa shape index (κ3) is 3.09. The fourth-order valence-corrected chi connectivity index (χ4v) is 2.94. The Hall–Kier alpha value is -1.51. The Balaban J connectivity index is 2.09. The number of anilines is 1. The number of carbonyl (C=O) groups is 1. The van der Waals surface area contributed by atoms with Crippen LogP contribution in [0.25, 0.3) is 0 Å². The highest BCUT2D eigenvalue weighted by molar-refractivity contribution is 5.93. The molecule has 2 rings (SSSR count). The van der Waals surface area contributed by atoms with E-state index in [4.69, 9.17) is 0 Å². The summed E-state index contributed by atoms with van der Waals surface area (Å²) in [5, 5.41) is 12.5. The van der Waals surface area contributed by atoms with E-state index in [-0.39, 0.29) is 23.0 Å². The molecule has 1 aromatic carbocycles. The highest BCUT2D eigenvalue weighted by atomic mass is 16.3. The van der Waals surface area contributed by atoms with Gasteiger partial charge in [0.15, 0.2) is 0 Å². The van der Waals surface area contributed by atoms with Crippen molar-refractivity contribution in [2.24, 2.45) is 11.3 Å². The molecule has 1 aliphatic rings. The summed E-state index contributed by atoms with van der Waals surface area (Å²) in [4.78, 5) is 12.4. The minimum absolute atomic E-state index is 0.0777. The van der Waals surface area contributed by atoms with E-state index in [1.807, 2.05) is 13.0 Å². The summed E-state index contributed by atoms with van der Waals surface area (Å²) in [7, 11) is 0. The topological polar surface area (TPSA) is 49.3 Å². The molecule has 1 aromatic rings. The summed E-state index contributed by atoms with van der Waals surface area (Å²) in [6.07, 6.45) is 4.43. The Morgan fingerprint density at radius 1 is 1.37 bits per heavy atom. The summed E-state index contributed by atoms with van der Waals surface area (Å²) in [5.41, 5.74) is 1.62. The standard InChI is InChI=1S/C16H23NO2/c1-11-10-12(7-8-14(11)18)17-15(19)13-6-4-5-9-16(13,2)3/h7-8,10,13,18H,4-6,9H2,1-3H3,(H,17,19). The van der Waals surface area contributed by atoms with Crippen LogP contribution in [-0.4, -0.2) is 11.0 Å². The summed E-state index contributed by atoms with van der Waals surface area (Å²) in [5.74, 6) is 0.446. The van der Waals surface area contributed by atoms with E-state index in [1.165, 1.54) is 6.42 Å². The molecular formula is C16H23NO2. The molecule has 3 nitrogen and oxygen atoms in total. The van der Waals surface area contributed by atoms with Crippen LogP contribution in [0.4, 0.5) is 5.69 Å². The third-order valence-electron chi connectivity index (χ3n) is 4.29. The molecule has 2 N–H and O–H groups in total. The average molecular weight is 261 g/mol. The molecule has 0 heterocycles. The zero-order valence-electron chi connectivity index (χ0n) is 12.0. The van der Waals surface area contributed by atoms with Crippen LogP contribution in [0.3, 0.4) is 0 Å². The van der Waals surface area contributed by atoms with Crippen molar-refractivity contribution in [3.63, 3.8) is 0 Å². The number of benzene rings is 1.